The van der Waals surface area contributed by atoms with Crippen LogP contribution >= 0.6 is 11.3 Å². The fourth-order valence-electron chi connectivity index (χ4n) is 3.61. The van der Waals surface area contributed by atoms with Crippen LogP contribution in [0.4, 0.5) is 0 Å². The molecule has 0 bridgehead atoms. The van der Waals surface area contributed by atoms with Crippen LogP contribution in [-0.2, 0) is 11.3 Å². The number of ether oxygens (including phenoxy) is 1. The van der Waals surface area contributed by atoms with Crippen LogP contribution in [0.15, 0.2) is 58.4 Å². The van der Waals surface area contributed by atoms with Crippen molar-refractivity contribution in [3.05, 3.63) is 64.1 Å². The van der Waals surface area contributed by atoms with Crippen molar-refractivity contribution in [2.24, 2.45) is 0 Å². The average molecular weight is 407 g/mol. The minimum absolute atomic E-state index is 0.223. The molecule has 148 valence electrons. The summed E-state index contributed by atoms with van der Waals surface area (Å²) < 4.78 is 9.10. The van der Waals surface area contributed by atoms with Crippen molar-refractivity contribution >= 4 is 22.4 Å². The summed E-state index contributed by atoms with van der Waals surface area (Å²) in [6, 6.07) is 9.97. The largest absolute Gasteiger partial charge is 0.379 e. The van der Waals surface area contributed by atoms with Crippen molar-refractivity contribution in [2.45, 2.75) is 6.54 Å². The molecule has 0 spiro atoms. The number of hydrogen-bond donors (Lipinski definition) is 0. The van der Waals surface area contributed by atoms with E-state index in [1.807, 2.05) is 42.2 Å². The number of aromatic nitrogens is 4. The molecule has 1 aliphatic rings. The van der Waals surface area contributed by atoms with Crippen LogP contribution in [0.1, 0.15) is 0 Å². The summed E-state index contributed by atoms with van der Waals surface area (Å²) in [6.45, 7) is 4.82. The smallest absolute Gasteiger partial charge is 0.348 e. The topological polar surface area (TPSA) is 65.2 Å². The van der Waals surface area contributed by atoms with Crippen molar-refractivity contribution < 1.29 is 4.74 Å². The summed E-state index contributed by atoms with van der Waals surface area (Å²) in [7, 11) is 0. The molecular weight excluding hydrogens is 386 g/mol. The molecule has 4 aromatic rings. The van der Waals surface area contributed by atoms with Crippen LogP contribution in [0, 0.1) is 0 Å². The molecule has 0 N–H and O–H groups in total. The number of thiophene rings is 1. The highest BCUT2D eigenvalue weighted by molar-refractivity contribution is 7.08. The number of imidazole rings is 1. The van der Waals surface area contributed by atoms with E-state index in [1.165, 1.54) is 0 Å². The molecule has 0 unspecified atom stereocenters. The molecule has 7 nitrogen and oxygen atoms in total. The highest BCUT2D eigenvalue weighted by Crippen LogP contribution is 2.24. The Hall–Kier alpha value is -2.81. The predicted molar refractivity (Wildman–Crippen MR) is 114 cm³/mol. The summed E-state index contributed by atoms with van der Waals surface area (Å²) in [6.07, 6.45) is 3.66. The fraction of sp³-hybridized carbons (Fsp3) is 0.286. The molecule has 0 radical (unpaired) electrons. The number of nitrogens with zero attached hydrogens (tertiary/aromatic N) is 5. The van der Waals surface area contributed by atoms with Gasteiger partial charge in [-0.2, -0.15) is 16.3 Å². The molecule has 8 heteroatoms. The van der Waals surface area contributed by atoms with Crippen LogP contribution < -0.4 is 5.69 Å². The summed E-state index contributed by atoms with van der Waals surface area (Å²) in [5.41, 5.74) is 4.36. The maximum absolute atomic E-state index is 12.5. The Morgan fingerprint density at radius 2 is 2.00 bits per heavy atom. The molecule has 4 heterocycles. The highest BCUT2D eigenvalue weighted by Gasteiger charge is 2.12. The van der Waals surface area contributed by atoms with E-state index in [-0.39, 0.29) is 5.69 Å². The molecule has 29 heavy (non-hydrogen) atoms. The standard InChI is InChI=1S/C21H21N5O2S/c27-21-23-18(3-5-25(21)7-6-24-8-10-28-11-9-24)16-1-2-20-19(13-16)22-15-26(20)17-4-12-29-14-17/h1-5,12-15H,6-11H2. The first-order chi connectivity index (χ1) is 14.3. The monoisotopic (exact) mass is 407 g/mol. The summed E-state index contributed by atoms with van der Waals surface area (Å²) in [5, 5.41) is 4.14. The number of benzene rings is 1. The molecule has 1 aliphatic heterocycles. The first-order valence-electron chi connectivity index (χ1n) is 9.65. The fourth-order valence-corrected chi connectivity index (χ4v) is 4.23. The third-order valence-corrected chi connectivity index (χ3v) is 5.93. The molecule has 5 rings (SSSR count). The molecule has 1 saturated heterocycles. The van der Waals surface area contributed by atoms with Crippen LogP contribution in [0.2, 0.25) is 0 Å². The zero-order valence-electron chi connectivity index (χ0n) is 15.9. The first-order valence-corrected chi connectivity index (χ1v) is 10.6. The normalized spacial score (nSPS) is 15.2. The molecule has 1 aromatic carbocycles. The average Bonchev–Trinajstić information content (AvgIpc) is 3.42. The van der Waals surface area contributed by atoms with Gasteiger partial charge in [-0.1, -0.05) is 6.07 Å². The van der Waals surface area contributed by atoms with E-state index < -0.39 is 0 Å². The van der Waals surface area contributed by atoms with Gasteiger partial charge in [0, 0.05) is 43.3 Å². The molecule has 0 aliphatic carbocycles. The minimum Gasteiger partial charge on any atom is -0.379 e. The second-order valence-electron chi connectivity index (χ2n) is 7.04. The second kappa shape index (κ2) is 7.90. The molecule has 0 atom stereocenters. The van der Waals surface area contributed by atoms with Crippen molar-refractivity contribution in [2.75, 3.05) is 32.8 Å². The van der Waals surface area contributed by atoms with Crippen molar-refractivity contribution in [1.29, 1.82) is 0 Å². The zero-order chi connectivity index (χ0) is 19.6. The molecule has 1 fully saturated rings. The Labute approximate surface area is 171 Å². The lowest BCUT2D eigenvalue weighted by Crippen LogP contribution is -2.39. The van der Waals surface area contributed by atoms with E-state index in [0.717, 1.165) is 55.1 Å². The Morgan fingerprint density at radius 1 is 1.10 bits per heavy atom. The first kappa shape index (κ1) is 18.2. The molecule has 0 saturated carbocycles. The quantitative estimate of drug-likeness (QED) is 0.509. The van der Waals surface area contributed by atoms with Gasteiger partial charge in [0.1, 0.15) is 6.33 Å². The molecular formula is C21H21N5O2S. The zero-order valence-corrected chi connectivity index (χ0v) is 16.7. The van der Waals surface area contributed by atoms with Gasteiger partial charge < -0.3 is 4.74 Å². The Balaban J connectivity index is 1.37. The van der Waals surface area contributed by atoms with E-state index in [4.69, 9.17) is 4.74 Å². The number of hydrogen-bond acceptors (Lipinski definition) is 6. The lowest BCUT2D eigenvalue weighted by molar-refractivity contribution is 0.0362. The van der Waals surface area contributed by atoms with Gasteiger partial charge >= 0.3 is 5.69 Å². The Morgan fingerprint density at radius 3 is 2.79 bits per heavy atom. The lowest BCUT2D eigenvalue weighted by atomic mass is 10.1. The molecule has 3 aromatic heterocycles. The van der Waals surface area contributed by atoms with Gasteiger partial charge in [-0.3, -0.25) is 14.0 Å². The van der Waals surface area contributed by atoms with Gasteiger partial charge in [-0.05, 0) is 29.6 Å². The van der Waals surface area contributed by atoms with Gasteiger partial charge in [0.25, 0.3) is 0 Å². The van der Waals surface area contributed by atoms with Crippen LogP contribution in [0.25, 0.3) is 28.0 Å². The van der Waals surface area contributed by atoms with Crippen LogP contribution in [0.3, 0.4) is 0 Å². The summed E-state index contributed by atoms with van der Waals surface area (Å²) >= 11 is 1.66. The number of morpholine rings is 1. The predicted octanol–water partition coefficient (Wildman–Crippen LogP) is 2.64. The SMILES string of the molecule is O=c1nc(-c2ccc3c(c2)ncn3-c2ccsc2)ccn1CCN1CCOCC1. The summed E-state index contributed by atoms with van der Waals surface area (Å²) in [5.74, 6) is 0. The maximum atomic E-state index is 12.5. The van der Waals surface area contributed by atoms with E-state index in [2.05, 4.69) is 30.9 Å². The van der Waals surface area contributed by atoms with Gasteiger partial charge in [0.05, 0.1) is 35.6 Å². The molecule has 0 amide bonds. The van der Waals surface area contributed by atoms with Crippen LogP contribution in [-0.4, -0.2) is 56.9 Å². The maximum Gasteiger partial charge on any atom is 0.348 e. The van der Waals surface area contributed by atoms with Gasteiger partial charge in [-0.25, -0.2) is 9.78 Å². The highest BCUT2D eigenvalue weighted by atomic mass is 32.1. The van der Waals surface area contributed by atoms with E-state index in [9.17, 15) is 4.79 Å². The van der Waals surface area contributed by atoms with Gasteiger partial charge in [0.15, 0.2) is 0 Å². The van der Waals surface area contributed by atoms with E-state index >= 15 is 0 Å². The third kappa shape index (κ3) is 3.74. The minimum atomic E-state index is -0.223. The van der Waals surface area contributed by atoms with Crippen LogP contribution in [0.5, 0.6) is 0 Å². The number of fused-ring (bicyclic) bond motifs is 1. The lowest BCUT2D eigenvalue weighted by Gasteiger charge is -2.26. The van der Waals surface area contributed by atoms with Gasteiger partial charge in [0.2, 0.25) is 0 Å². The number of rotatable bonds is 5. The van der Waals surface area contributed by atoms with Gasteiger partial charge in [-0.15, -0.1) is 0 Å². The van der Waals surface area contributed by atoms with E-state index in [1.54, 1.807) is 15.9 Å². The Bertz CT molecular complexity index is 1180. The van der Waals surface area contributed by atoms with Crippen molar-refractivity contribution in [1.82, 2.24) is 24.0 Å². The second-order valence-corrected chi connectivity index (χ2v) is 7.82. The van der Waals surface area contributed by atoms with E-state index in [0.29, 0.717) is 12.2 Å². The summed E-state index contributed by atoms with van der Waals surface area (Å²) in [4.78, 5) is 23.6. The van der Waals surface area contributed by atoms with Crippen molar-refractivity contribution in [3.8, 4) is 16.9 Å². The third-order valence-electron chi connectivity index (χ3n) is 5.26. The Kier molecular flexibility index (Phi) is 4.97. The van der Waals surface area contributed by atoms with Crippen molar-refractivity contribution in [3.63, 3.8) is 0 Å².